The molecule has 2 heteroatoms. The van der Waals surface area contributed by atoms with Crippen LogP contribution in [-0.4, -0.2) is 22.9 Å². The van der Waals surface area contributed by atoms with E-state index in [4.69, 9.17) is 10.2 Å². The molecular weight excluding hydrogens is 116 g/mol. The SMILES string of the molecule is C[C@@H](O)C/C=C\CCO. The van der Waals surface area contributed by atoms with E-state index in [0.29, 0.717) is 12.8 Å². The molecule has 0 aromatic rings. The number of rotatable bonds is 4. The molecule has 0 saturated carbocycles. The van der Waals surface area contributed by atoms with Gasteiger partial charge in [-0.15, -0.1) is 0 Å². The van der Waals surface area contributed by atoms with Gasteiger partial charge in [-0.2, -0.15) is 0 Å². The van der Waals surface area contributed by atoms with Crippen LogP contribution < -0.4 is 0 Å². The van der Waals surface area contributed by atoms with Crippen molar-refractivity contribution in [1.29, 1.82) is 0 Å². The standard InChI is InChI=1S/C7H14O2/c1-7(9)5-3-2-4-6-8/h2-3,7-9H,4-6H2,1H3/b3-2-/t7-/m1/s1. The van der Waals surface area contributed by atoms with Crippen LogP contribution in [0.4, 0.5) is 0 Å². The third kappa shape index (κ3) is 7.66. The molecule has 0 aliphatic rings. The molecule has 9 heavy (non-hydrogen) atoms. The fourth-order valence-corrected chi connectivity index (χ4v) is 0.486. The van der Waals surface area contributed by atoms with Gasteiger partial charge in [0.05, 0.1) is 6.10 Å². The Hall–Kier alpha value is -0.340. The van der Waals surface area contributed by atoms with E-state index in [1.165, 1.54) is 0 Å². The average Bonchev–Trinajstić information content (AvgIpc) is 1.80. The van der Waals surface area contributed by atoms with Crippen LogP contribution in [0.15, 0.2) is 12.2 Å². The summed E-state index contributed by atoms with van der Waals surface area (Å²) in [6, 6.07) is 0. The predicted octanol–water partition coefficient (Wildman–Crippen LogP) is 0.696. The maximum atomic E-state index is 8.74. The fourth-order valence-electron chi connectivity index (χ4n) is 0.486. The third-order valence-electron chi connectivity index (χ3n) is 0.940. The van der Waals surface area contributed by atoms with Crippen LogP contribution in [0.1, 0.15) is 19.8 Å². The van der Waals surface area contributed by atoms with Gasteiger partial charge in [0.15, 0.2) is 0 Å². The van der Waals surface area contributed by atoms with E-state index in [0.717, 1.165) is 0 Å². The lowest BCUT2D eigenvalue weighted by Crippen LogP contribution is -1.95. The molecule has 0 rings (SSSR count). The second kappa shape index (κ2) is 5.79. The Morgan fingerprint density at radius 2 is 2.11 bits per heavy atom. The Labute approximate surface area is 55.8 Å². The lowest BCUT2D eigenvalue weighted by Gasteiger charge is -1.94. The van der Waals surface area contributed by atoms with Gasteiger partial charge in [0, 0.05) is 6.61 Å². The molecule has 0 aromatic carbocycles. The van der Waals surface area contributed by atoms with Crippen molar-refractivity contribution in [1.82, 2.24) is 0 Å². The second-order valence-corrected chi connectivity index (χ2v) is 2.07. The van der Waals surface area contributed by atoms with Crippen molar-refractivity contribution < 1.29 is 10.2 Å². The van der Waals surface area contributed by atoms with Crippen LogP contribution in [0, 0.1) is 0 Å². The molecule has 54 valence electrons. The first-order valence-electron chi connectivity index (χ1n) is 3.21. The van der Waals surface area contributed by atoms with Gasteiger partial charge in [-0.25, -0.2) is 0 Å². The van der Waals surface area contributed by atoms with Crippen molar-refractivity contribution in [2.24, 2.45) is 0 Å². The van der Waals surface area contributed by atoms with Crippen LogP contribution in [-0.2, 0) is 0 Å². The molecule has 0 unspecified atom stereocenters. The Morgan fingerprint density at radius 3 is 2.56 bits per heavy atom. The van der Waals surface area contributed by atoms with Crippen LogP contribution in [0.25, 0.3) is 0 Å². The highest BCUT2D eigenvalue weighted by atomic mass is 16.3. The summed E-state index contributed by atoms with van der Waals surface area (Å²) >= 11 is 0. The largest absolute Gasteiger partial charge is 0.396 e. The van der Waals surface area contributed by atoms with Crippen LogP contribution in [0.5, 0.6) is 0 Å². The van der Waals surface area contributed by atoms with Crippen LogP contribution >= 0.6 is 0 Å². The lowest BCUT2D eigenvalue weighted by molar-refractivity contribution is 0.198. The number of hydrogen-bond acceptors (Lipinski definition) is 2. The smallest absolute Gasteiger partial charge is 0.0546 e. The monoisotopic (exact) mass is 130 g/mol. The lowest BCUT2D eigenvalue weighted by atomic mass is 10.2. The summed E-state index contributed by atoms with van der Waals surface area (Å²) in [6.07, 6.45) is 4.85. The molecule has 0 heterocycles. The maximum Gasteiger partial charge on any atom is 0.0546 e. The van der Waals surface area contributed by atoms with E-state index >= 15 is 0 Å². The minimum Gasteiger partial charge on any atom is -0.396 e. The van der Waals surface area contributed by atoms with Crippen molar-refractivity contribution in [2.45, 2.75) is 25.9 Å². The van der Waals surface area contributed by atoms with E-state index < -0.39 is 0 Å². The highest BCUT2D eigenvalue weighted by Crippen LogP contribution is 1.91. The normalized spacial score (nSPS) is 14.6. The van der Waals surface area contributed by atoms with Gasteiger partial charge in [0.25, 0.3) is 0 Å². The highest BCUT2D eigenvalue weighted by Gasteiger charge is 1.87. The molecular formula is C7H14O2. The zero-order valence-corrected chi connectivity index (χ0v) is 5.75. The molecule has 0 bridgehead atoms. The van der Waals surface area contributed by atoms with Crippen molar-refractivity contribution in [3.05, 3.63) is 12.2 Å². The third-order valence-corrected chi connectivity index (χ3v) is 0.940. The Kier molecular flexibility index (Phi) is 5.57. The number of aliphatic hydroxyl groups is 2. The van der Waals surface area contributed by atoms with Crippen molar-refractivity contribution in [2.75, 3.05) is 6.61 Å². The summed E-state index contributed by atoms with van der Waals surface area (Å²) in [5.41, 5.74) is 0. The first-order chi connectivity index (χ1) is 4.27. The molecule has 1 atom stereocenters. The molecule has 0 aliphatic heterocycles. The molecule has 0 spiro atoms. The van der Waals surface area contributed by atoms with Crippen molar-refractivity contribution >= 4 is 0 Å². The van der Waals surface area contributed by atoms with Gasteiger partial charge in [0.2, 0.25) is 0 Å². The minimum absolute atomic E-state index is 0.191. The van der Waals surface area contributed by atoms with Crippen molar-refractivity contribution in [3.63, 3.8) is 0 Å². The van der Waals surface area contributed by atoms with Gasteiger partial charge >= 0.3 is 0 Å². The van der Waals surface area contributed by atoms with Crippen molar-refractivity contribution in [3.8, 4) is 0 Å². The Bertz CT molecular complexity index is 77.0. The van der Waals surface area contributed by atoms with Gasteiger partial charge < -0.3 is 10.2 Å². The van der Waals surface area contributed by atoms with Crippen LogP contribution in [0.2, 0.25) is 0 Å². The van der Waals surface area contributed by atoms with Gasteiger partial charge in [-0.1, -0.05) is 12.2 Å². The fraction of sp³-hybridized carbons (Fsp3) is 0.714. The highest BCUT2D eigenvalue weighted by molar-refractivity contribution is 4.82. The minimum atomic E-state index is -0.264. The number of hydrogen-bond donors (Lipinski definition) is 2. The molecule has 0 saturated heterocycles. The van der Waals surface area contributed by atoms with Crippen LogP contribution in [0.3, 0.4) is 0 Å². The first kappa shape index (κ1) is 8.66. The predicted molar refractivity (Wildman–Crippen MR) is 37.1 cm³/mol. The Balaban J connectivity index is 3.04. The summed E-state index contributed by atoms with van der Waals surface area (Å²) in [5.74, 6) is 0. The quantitative estimate of drug-likeness (QED) is 0.550. The first-order valence-corrected chi connectivity index (χ1v) is 3.21. The van der Waals surface area contributed by atoms with Gasteiger partial charge in [0.1, 0.15) is 0 Å². The molecule has 0 amide bonds. The van der Waals surface area contributed by atoms with E-state index in [1.54, 1.807) is 6.92 Å². The topological polar surface area (TPSA) is 40.5 Å². The van der Waals surface area contributed by atoms with E-state index in [-0.39, 0.29) is 12.7 Å². The molecule has 0 aliphatic carbocycles. The van der Waals surface area contributed by atoms with Gasteiger partial charge in [-0.05, 0) is 19.8 Å². The van der Waals surface area contributed by atoms with E-state index in [2.05, 4.69) is 0 Å². The summed E-state index contributed by atoms with van der Waals surface area (Å²) in [4.78, 5) is 0. The summed E-state index contributed by atoms with van der Waals surface area (Å²) in [5, 5.41) is 17.1. The summed E-state index contributed by atoms with van der Waals surface area (Å²) in [7, 11) is 0. The molecule has 2 nitrogen and oxygen atoms in total. The molecule has 0 fully saturated rings. The zero-order chi connectivity index (χ0) is 7.11. The van der Waals surface area contributed by atoms with E-state index in [9.17, 15) is 0 Å². The molecule has 2 N–H and O–H groups in total. The Morgan fingerprint density at radius 1 is 1.44 bits per heavy atom. The maximum absolute atomic E-state index is 8.74. The summed E-state index contributed by atoms with van der Waals surface area (Å²) < 4.78 is 0. The average molecular weight is 130 g/mol. The van der Waals surface area contributed by atoms with Gasteiger partial charge in [-0.3, -0.25) is 0 Å². The molecule has 0 radical (unpaired) electrons. The van der Waals surface area contributed by atoms with E-state index in [1.807, 2.05) is 12.2 Å². The number of aliphatic hydroxyl groups excluding tert-OH is 2. The zero-order valence-electron chi connectivity index (χ0n) is 5.75. The molecule has 0 aromatic heterocycles. The second-order valence-electron chi connectivity index (χ2n) is 2.07. The summed E-state index contributed by atoms with van der Waals surface area (Å²) in [6.45, 7) is 1.93.